The molecule has 9 heteroatoms. The summed E-state index contributed by atoms with van der Waals surface area (Å²) >= 11 is 0. The lowest BCUT2D eigenvalue weighted by Gasteiger charge is -2.18. The van der Waals surface area contributed by atoms with Crippen LogP contribution < -0.4 is 25.6 Å². The smallest absolute Gasteiger partial charge is 0.274 e. The molecule has 35 heavy (non-hydrogen) atoms. The van der Waals surface area contributed by atoms with Gasteiger partial charge in [-0.05, 0) is 53.6 Å². The Kier molecular flexibility index (Phi) is 7.39. The van der Waals surface area contributed by atoms with Gasteiger partial charge in [-0.15, -0.1) is 0 Å². The first-order chi connectivity index (χ1) is 17.0. The minimum atomic E-state index is -0.855. The number of anilines is 1. The third-order valence-electron chi connectivity index (χ3n) is 5.26. The zero-order chi connectivity index (χ0) is 24.6. The summed E-state index contributed by atoms with van der Waals surface area (Å²) in [4.78, 5) is 37.2. The molecular weight excluding hydrogens is 450 g/mol. The molecule has 0 spiro atoms. The van der Waals surface area contributed by atoms with Crippen LogP contribution in [0, 0.1) is 0 Å². The Morgan fingerprint density at radius 2 is 1.69 bits per heavy atom. The number of nitrogens with one attached hydrogen (secondary N) is 3. The Labute approximate surface area is 201 Å². The number of hydroxylamine groups is 1. The maximum Gasteiger partial charge on any atom is 0.274 e. The van der Waals surface area contributed by atoms with Crippen molar-refractivity contribution in [2.45, 2.75) is 12.5 Å². The van der Waals surface area contributed by atoms with Crippen LogP contribution in [-0.4, -0.2) is 35.8 Å². The molecule has 3 aromatic carbocycles. The third kappa shape index (κ3) is 6.24. The van der Waals surface area contributed by atoms with E-state index in [4.69, 9.17) is 14.7 Å². The second kappa shape index (κ2) is 11.0. The van der Waals surface area contributed by atoms with Gasteiger partial charge in [-0.25, -0.2) is 5.48 Å². The summed E-state index contributed by atoms with van der Waals surface area (Å²) < 4.78 is 10.6. The van der Waals surface area contributed by atoms with Crippen LogP contribution in [0.4, 0.5) is 5.69 Å². The molecule has 9 nitrogen and oxygen atoms in total. The van der Waals surface area contributed by atoms with E-state index in [1.54, 1.807) is 29.8 Å². The summed E-state index contributed by atoms with van der Waals surface area (Å²) in [5.74, 6) is -0.259. The van der Waals surface area contributed by atoms with E-state index >= 15 is 0 Å². The second-order valence-electron chi connectivity index (χ2n) is 7.70. The van der Waals surface area contributed by atoms with Gasteiger partial charge in [-0.3, -0.25) is 19.6 Å². The Hall–Kier alpha value is -4.63. The number of hydrogen-bond donors (Lipinski definition) is 4. The summed E-state index contributed by atoms with van der Waals surface area (Å²) in [6.45, 7) is 0.163. The van der Waals surface area contributed by atoms with Gasteiger partial charge in [0.05, 0.1) is 0 Å². The number of carbonyl (C=O) groups excluding carboxylic acids is 3. The number of benzene rings is 3. The second-order valence-corrected chi connectivity index (χ2v) is 7.70. The molecule has 0 saturated carbocycles. The molecule has 4 rings (SSSR count). The van der Waals surface area contributed by atoms with Crippen molar-refractivity contribution in [2.24, 2.45) is 0 Å². The number of amides is 3. The largest absolute Gasteiger partial charge is 0.454 e. The van der Waals surface area contributed by atoms with E-state index in [9.17, 15) is 14.4 Å². The van der Waals surface area contributed by atoms with Gasteiger partial charge in [0.2, 0.25) is 18.6 Å². The molecule has 178 valence electrons. The zero-order valence-electron chi connectivity index (χ0n) is 18.6. The van der Waals surface area contributed by atoms with Gasteiger partial charge in [0.1, 0.15) is 6.04 Å². The lowest BCUT2D eigenvalue weighted by atomic mass is 10.0. The molecule has 0 fully saturated rings. The number of rotatable bonds is 8. The molecule has 0 bridgehead atoms. The molecule has 3 aromatic rings. The lowest BCUT2D eigenvalue weighted by molar-refractivity contribution is -0.123. The van der Waals surface area contributed by atoms with Crippen LogP contribution in [0.2, 0.25) is 0 Å². The molecule has 0 aromatic heterocycles. The Morgan fingerprint density at radius 3 is 2.43 bits per heavy atom. The van der Waals surface area contributed by atoms with Crippen LogP contribution >= 0.6 is 0 Å². The molecule has 0 unspecified atom stereocenters. The fraction of sp³-hybridized carbons (Fsp3) is 0.115. The Morgan fingerprint density at radius 1 is 0.943 bits per heavy atom. The fourth-order valence-electron chi connectivity index (χ4n) is 3.47. The van der Waals surface area contributed by atoms with Crippen LogP contribution in [0.25, 0.3) is 6.08 Å². The highest BCUT2D eigenvalue weighted by atomic mass is 16.7. The predicted molar refractivity (Wildman–Crippen MR) is 128 cm³/mol. The minimum absolute atomic E-state index is 0.163. The van der Waals surface area contributed by atoms with Crippen LogP contribution in [0.5, 0.6) is 11.5 Å². The summed E-state index contributed by atoms with van der Waals surface area (Å²) in [6, 6.07) is 19.8. The van der Waals surface area contributed by atoms with Gasteiger partial charge in [0, 0.05) is 23.7 Å². The lowest BCUT2D eigenvalue weighted by Crippen LogP contribution is -2.44. The van der Waals surface area contributed by atoms with Gasteiger partial charge in [0.25, 0.3) is 5.91 Å². The van der Waals surface area contributed by atoms with Crippen LogP contribution in [-0.2, 0) is 16.0 Å². The molecule has 0 aliphatic carbocycles. The summed E-state index contributed by atoms with van der Waals surface area (Å²) in [6.07, 6.45) is 3.26. The summed E-state index contributed by atoms with van der Waals surface area (Å²) in [5, 5.41) is 14.2. The van der Waals surface area contributed by atoms with E-state index in [1.165, 1.54) is 30.3 Å². The number of hydrogen-bond acceptors (Lipinski definition) is 6. The van der Waals surface area contributed by atoms with Gasteiger partial charge in [0.15, 0.2) is 11.5 Å². The first kappa shape index (κ1) is 23.5. The van der Waals surface area contributed by atoms with Crippen molar-refractivity contribution < 1.29 is 29.1 Å². The van der Waals surface area contributed by atoms with Crippen molar-refractivity contribution >= 4 is 29.5 Å². The monoisotopic (exact) mass is 473 g/mol. The molecule has 0 saturated heterocycles. The highest BCUT2D eigenvalue weighted by Crippen LogP contribution is 2.32. The van der Waals surface area contributed by atoms with Crippen molar-refractivity contribution in [1.82, 2.24) is 10.8 Å². The topological polar surface area (TPSA) is 126 Å². The quantitative estimate of drug-likeness (QED) is 0.226. The molecule has 1 atom stereocenters. The minimum Gasteiger partial charge on any atom is -0.454 e. The normalized spacial score (nSPS) is 12.7. The molecule has 3 amide bonds. The van der Waals surface area contributed by atoms with E-state index in [1.807, 2.05) is 30.3 Å². The highest BCUT2D eigenvalue weighted by Gasteiger charge is 2.21. The van der Waals surface area contributed by atoms with Gasteiger partial charge < -0.3 is 20.1 Å². The van der Waals surface area contributed by atoms with Crippen molar-refractivity contribution in [3.05, 3.63) is 95.6 Å². The van der Waals surface area contributed by atoms with E-state index in [0.29, 0.717) is 17.2 Å². The molecule has 1 heterocycles. The van der Waals surface area contributed by atoms with E-state index < -0.39 is 23.8 Å². The molecule has 1 aliphatic rings. The summed E-state index contributed by atoms with van der Waals surface area (Å²) in [5.41, 5.74) is 3.85. The molecular formula is C26H23N3O6. The van der Waals surface area contributed by atoms with Gasteiger partial charge >= 0.3 is 0 Å². The van der Waals surface area contributed by atoms with Crippen LogP contribution in [0.1, 0.15) is 21.5 Å². The maximum atomic E-state index is 13.0. The van der Waals surface area contributed by atoms with Crippen LogP contribution in [0.15, 0.2) is 78.9 Å². The molecule has 1 aliphatic heterocycles. The number of carbonyl (C=O) groups is 3. The first-order valence-corrected chi connectivity index (χ1v) is 10.8. The van der Waals surface area contributed by atoms with E-state index in [0.717, 1.165) is 11.1 Å². The maximum absolute atomic E-state index is 13.0. The third-order valence-corrected chi connectivity index (χ3v) is 5.26. The predicted octanol–water partition coefficient (Wildman–Crippen LogP) is 2.91. The number of ether oxygens (including phenoxy) is 2. The van der Waals surface area contributed by atoms with E-state index in [2.05, 4.69) is 10.6 Å². The molecule has 0 radical (unpaired) electrons. The average Bonchev–Trinajstić information content (AvgIpc) is 3.35. The highest BCUT2D eigenvalue weighted by molar-refractivity contribution is 6.00. The average molecular weight is 473 g/mol. The standard InChI is InChI=1S/C26H23N3O6/c30-24(13-7-18-6-12-22-23(15-18)35-16-34-22)28-21(14-17-4-2-1-3-5-17)26(32)27-20-10-8-19(9-11-20)25(31)29-33/h1-13,15,21,33H,14,16H2,(H,27,32)(H,28,30)(H,29,31)/b13-7+/t21-/m0/s1. The van der Waals surface area contributed by atoms with Gasteiger partial charge in [-0.2, -0.15) is 0 Å². The number of fused-ring (bicyclic) bond motifs is 1. The Balaban J connectivity index is 1.45. The van der Waals surface area contributed by atoms with Crippen LogP contribution in [0.3, 0.4) is 0 Å². The fourth-order valence-corrected chi connectivity index (χ4v) is 3.47. The summed E-state index contributed by atoms with van der Waals surface area (Å²) in [7, 11) is 0. The zero-order valence-corrected chi connectivity index (χ0v) is 18.6. The van der Waals surface area contributed by atoms with Crippen molar-refractivity contribution in [3.63, 3.8) is 0 Å². The SMILES string of the molecule is O=C(/C=C/c1ccc2c(c1)OCO2)N[C@@H](Cc1ccccc1)C(=O)Nc1ccc(C(=O)NO)cc1. The molecule has 4 N–H and O–H groups in total. The first-order valence-electron chi connectivity index (χ1n) is 10.8. The van der Waals surface area contributed by atoms with Gasteiger partial charge in [-0.1, -0.05) is 36.4 Å². The van der Waals surface area contributed by atoms with Crippen molar-refractivity contribution in [3.8, 4) is 11.5 Å². The Bertz CT molecular complexity index is 1240. The van der Waals surface area contributed by atoms with Crippen molar-refractivity contribution in [1.29, 1.82) is 0 Å². The van der Waals surface area contributed by atoms with E-state index in [-0.39, 0.29) is 18.8 Å². The van der Waals surface area contributed by atoms with Crippen molar-refractivity contribution in [2.75, 3.05) is 12.1 Å².